The molecule has 0 aliphatic rings. The predicted octanol–water partition coefficient (Wildman–Crippen LogP) is 4.43. The van der Waals surface area contributed by atoms with Gasteiger partial charge in [-0.25, -0.2) is 9.97 Å². The number of hydrogen-bond acceptors (Lipinski definition) is 6. The Morgan fingerprint density at radius 2 is 2.08 bits per heavy atom. The van der Waals surface area contributed by atoms with Gasteiger partial charge in [0.2, 0.25) is 5.91 Å². The Hall–Kier alpha value is -1.44. The van der Waals surface area contributed by atoms with Crippen LogP contribution in [0.15, 0.2) is 22.5 Å². The topological polar surface area (TPSA) is 46.1 Å². The van der Waals surface area contributed by atoms with Gasteiger partial charge in [-0.05, 0) is 37.8 Å². The summed E-state index contributed by atoms with van der Waals surface area (Å²) in [6.45, 7) is 6.76. The molecule has 0 fully saturated rings. The first-order valence-corrected chi connectivity index (χ1v) is 10.3. The maximum absolute atomic E-state index is 12.4. The van der Waals surface area contributed by atoms with Gasteiger partial charge in [0, 0.05) is 22.2 Å². The SMILES string of the molecule is Cc1nc(SCC(=O)N(C)Cc2cccs2)c2c(C)c(C)sc2n1. The van der Waals surface area contributed by atoms with E-state index in [9.17, 15) is 4.79 Å². The van der Waals surface area contributed by atoms with Crippen LogP contribution in [0.25, 0.3) is 10.2 Å². The molecule has 24 heavy (non-hydrogen) atoms. The minimum Gasteiger partial charge on any atom is -0.340 e. The minimum absolute atomic E-state index is 0.113. The molecule has 0 aliphatic heterocycles. The Morgan fingerprint density at radius 1 is 1.29 bits per heavy atom. The molecule has 0 radical (unpaired) electrons. The maximum atomic E-state index is 12.4. The molecule has 0 aliphatic carbocycles. The smallest absolute Gasteiger partial charge is 0.233 e. The molecule has 0 spiro atoms. The van der Waals surface area contributed by atoms with E-state index in [1.54, 1.807) is 27.6 Å². The second-order valence-electron chi connectivity index (χ2n) is 5.66. The highest BCUT2D eigenvalue weighted by molar-refractivity contribution is 8.00. The van der Waals surface area contributed by atoms with Gasteiger partial charge < -0.3 is 4.90 Å². The van der Waals surface area contributed by atoms with Crippen molar-refractivity contribution in [3.05, 3.63) is 38.7 Å². The molecule has 7 heteroatoms. The van der Waals surface area contributed by atoms with Crippen molar-refractivity contribution in [2.75, 3.05) is 12.8 Å². The van der Waals surface area contributed by atoms with Gasteiger partial charge in [0.05, 0.1) is 12.3 Å². The molecule has 0 bridgehead atoms. The van der Waals surface area contributed by atoms with E-state index < -0.39 is 0 Å². The van der Waals surface area contributed by atoms with E-state index in [0.717, 1.165) is 21.1 Å². The summed E-state index contributed by atoms with van der Waals surface area (Å²) in [5.74, 6) is 1.26. The van der Waals surface area contributed by atoms with Crippen LogP contribution in [0, 0.1) is 20.8 Å². The molecule has 0 saturated carbocycles. The standard InChI is InChI=1S/C17H19N3OS3/c1-10-11(2)24-17-15(10)16(18-12(3)19-17)23-9-14(21)20(4)8-13-6-5-7-22-13/h5-7H,8-9H2,1-4H3. The summed E-state index contributed by atoms with van der Waals surface area (Å²) in [6.07, 6.45) is 0. The highest BCUT2D eigenvalue weighted by Gasteiger charge is 2.16. The highest BCUT2D eigenvalue weighted by atomic mass is 32.2. The van der Waals surface area contributed by atoms with Gasteiger partial charge in [0.1, 0.15) is 15.7 Å². The Bertz CT molecular complexity index is 871. The third-order valence-corrected chi connectivity index (χ3v) is 6.76. The number of aryl methyl sites for hydroxylation is 3. The van der Waals surface area contributed by atoms with E-state index >= 15 is 0 Å². The summed E-state index contributed by atoms with van der Waals surface area (Å²) >= 11 is 4.87. The predicted molar refractivity (Wildman–Crippen MR) is 103 cm³/mol. The van der Waals surface area contributed by atoms with E-state index in [1.165, 1.54) is 27.1 Å². The van der Waals surface area contributed by atoms with Crippen LogP contribution in [-0.4, -0.2) is 33.6 Å². The van der Waals surface area contributed by atoms with E-state index in [-0.39, 0.29) is 5.91 Å². The monoisotopic (exact) mass is 377 g/mol. The van der Waals surface area contributed by atoms with Crippen molar-refractivity contribution in [1.82, 2.24) is 14.9 Å². The van der Waals surface area contributed by atoms with Crippen molar-refractivity contribution < 1.29 is 4.79 Å². The first kappa shape index (κ1) is 17.4. The summed E-state index contributed by atoms with van der Waals surface area (Å²) in [4.78, 5) is 26.8. The third-order valence-electron chi connectivity index (χ3n) is 3.84. The Kier molecular flexibility index (Phi) is 5.22. The molecule has 3 aromatic heterocycles. The minimum atomic E-state index is 0.113. The highest BCUT2D eigenvalue weighted by Crippen LogP contribution is 2.35. The number of carbonyl (C=O) groups is 1. The number of hydrogen-bond donors (Lipinski definition) is 0. The summed E-state index contributed by atoms with van der Waals surface area (Å²) in [6, 6.07) is 4.06. The van der Waals surface area contributed by atoms with Crippen molar-refractivity contribution in [2.45, 2.75) is 32.3 Å². The number of thioether (sulfide) groups is 1. The summed E-state index contributed by atoms with van der Waals surface area (Å²) < 4.78 is 0. The lowest BCUT2D eigenvalue weighted by Crippen LogP contribution is -2.27. The number of rotatable bonds is 5. The lowest BCUT2D eigenvalue weighted by atomic mass is 10.2. The van der Waals surface area contributed by atoms with Gasteiger partial charge in [-0.15, -0.1) is 22.7 Å². The van der Waals surface area contributed by atoms with Gasteiger partial charge in [-0.1, -0.05) is 17.8 Å². The Balaban J connectivity index is 1.74. The van der Waals surface area contributed by atoms with Crippen LogP contribution in [-0.2, 0) is 11.3 Å². The fourth-order valence-electron chi connectivity index (χ4n) is 2.38. The van der Waals surface area contributed by atoms with Crippen molar-refractivity contribution in [3.8, 4) is 0 Å². The molecule has 3 aromatic rings. The first-order chi connectivity index (χ1) is 11.5. The molecule has 3 heterocycles. The lowest BCUT2D eigenvalue weighted by molar-refractivity contribution is -0.127. The zero-order valence-corrected chi connectivity index (χ0v) is 16.6. The summed E-state index contributed by atoms with van der Waals surface area (Å²) in [5, 5.41) is 4.05. The molecule has 0 atom stereocenters. The Morgan fingerprint density at radius 3 is 2.79 bits per heavy atom. The number of carbonyl (C=O) groups excluding carboxylic acids is 1. The molecular weight excluding hydrogens is 358 g/mol. The average molecular weight is 378 g/mol. The van der Waals surface area contributed by atoms with Gasteiger partial charge in [0.25, 0.3) is 0 Å². The zero-order chi connectivity index (χ0) is 17.3. The summed E-state index contributed by atoms with van der Waals surface area (Å²) in [7, 11) is 1.85. The zero-order valence-electron chi connectivity index (χ0n) is 14.1. The summed E-state index contributed by atoms with van der Waals surface area (Å²) in [5.41, 5.74) is 1.22. The molecule has 0 saturated heterocycles. The van der Waals surface area contributed by atoms with E-state index in [2.05, 4.69) is 29.9 Å². The van der Waals surface area contributed by atoms with Crippen molar-refractivity contribution in [1.29, 1.82) is 0 Å². The molecule has 0 N–H and O–H groups in total. The van der Waals surface area contributed by atoms with Crippen LogP contribution in [0.4, 0.5) is 0 Å². The fraction of sp³-hybridized carbons (Fsp3) is 0.353. The molecule has 0 aromatic carbocycles. The van der Waals surface area contributed by atoms with Crippen LogP contribution < -0.4 is 0 Å². The third kappa shape index (κ3) is 3.63. The fourth-order valence-corrected chi connectivity index (χ4v) is 5.35. The number of amides is 1. The Labute approximate surface area is 153 Å². The van der Waals surface area contributed by atoms with Gasteiger partial charge in [0.15, 0.2) is 0 Å². The second-order valence-corrected chi connectivity index (χ2v) is 8.86. The van der Waals surface area contributed by atoms with Crippen molar-refractivity contribution in [3.63, 3.8) is 0 Å². The number of nitrogens with zero attached hydrogens (tertiary/aromatic N) is 3. The van der Waals surface area contributed by atoms with Crippen LogP contribution >= 0.6 is 34.4 Å². The molecule has 0 unspecified atom stereocenters. The lowest BCUT2D eigenvalue weighted by Gasteiger charge is -2.16. The van der Waals surface area contributed by atoms with Crippen LogP contribution in [0.1, 0.15) is 21.1 Å². The van der Waals surface area contributed by atoms with Crippen LogP contribution in [0.2, 0.25) is 0 Å². The normalized spacial score (nSPS) is 11.2. The molecule has 126 valence electrons. The number of thiophene rings is 2. The van der Waals surface area contributed by atoms with Crippen LogP contribution in [0.3, 0.4) is 0 Å². The second kappa shape index (κ2) is 7.21. The molecule has 1 amide bonds. The first-order valence-electron chi connectivity index (χ1n) is 7.59. The number of fused-ring (bicyclic) bond motifs is 1. The number of aromatic nitrogens is 2. The molecule has 3 rings (SSSR count). The quantitative estimate of drug-likeness (QED) is 0.487. The largest absolute Gasteiger partial charge is 0.340 e. The average Bonchev–Trinajstić information content (AvgIpc) is 3.13. The molecule has 4 nitrogen and oxygen atoms in total. The van der Waals surface area contributed by atoms with Crippen LogP contribution in [0.5, 0.6) is 0 Å². The van der Waals surface area contributed by atoms with Gasteiger partial charge in [-0.3, -0.25) is 4.79 Å². The van der Waals surface area contributed by atoms with Gasteiger partial charge in [-0.2, -0.15) is 0 Å². The van der Waals surface area contributed by atoms with Crippen molar-refractivity contribution >= 4 is 50.6 Å². The van der Waals surface area contributed by atoms with Gasteiger partial charge >= 0.3 is 0 Å². The van der Waals surface area contributed by atoms with E-state index in [1.807, 2.05) is 25.4 Å². The van der Waals surface area contributed by atoms with E-state index in [4.69, 9.17) is 0 Å². The van der Waals surface area contributed by atoms with E-state index in [0.29, 0.717) is 12.3 Å². The van der Waals surface area contributed by atoms with Crippen molar-refractivity contribution in [2.24, 2.45) is 0 Å². The maximum Gasteiger partial charge on any atom is 0.233 e. The molecular formula is C17H19N3OS3.